The Bertz CT molecular complexity index is 343. The number of nitrogens with zero attached hydrogens (tertiary/aromatic N) is 2. The number of fused-ring (bicyclic) bond motifs is 1. The van der Waals surface area contributed by atoms with Gasteiger partial charge >= 0.3 is 0 Å². The van der Waals surface area contributed by atoms with Crippen LogP contribution in [0.3, 0.4) is 0 Å². The van der Waals surface area contributed by atoms with Crippen molar-refractivity contribution in [2.45, 2.75) is 39.5 Å². The maximum atomic E-state index is 9.82. The van der Waals surface area contributed by atoms with Crippen molar-refractivity contribution in [2.75, 3.05) is 6.54 Å². The quantitative estimate of drug-likeness (QED) is 0.700. The Morgan fingerprint density at radius 2 is 2.29 bits per heavy atom. The number of nitrogens with one attached hydrogen (secondary N) is 1. The number of β-amino-alcohol motifs (C(OH)–C–C–N with tert-alkyl or cyclic N) is 1. The maximum Gasteiger partial charge on any atom is 0.0950 e. The molecule has 1 aliphatic heterocycles. The van der Waals surface area contributed by atoms with E-state index in [4.69, 9.17) is 0 Å². The highest BCUT2D eigenvalue weighted by molar-refractivity contribution is 5.30. The van der Waals surface area contributed by atoms with Crippen molar-refractivity contribution < 1.29 is 5.11 Å². The molecule has 1 aromatic heterocycles. The highest BCUT2D eigenvalue weighted by Gasteiger charge is 2.25. The molecule has 4 nitrogen and oxygen atoms in total. The fraction of sp³-hybridized carbons (Fsp3) is 0.700. The Morgan fingerprint density at radius 3 is 2.86 bits per heavy atom. The molecule has 1 unspecified atom stereocenters. The molecule has 14 heavy (non-hydrogen) atoms. The number of aliphatic hydroxyl groups is 1. The van der Waals surface area contributed by atoms with Gasteiger partial charge in [0.1, 0.15) is 0 Å². The van der Waals surface area contributed by atoms with E-state index in [1.807, 2.05) is 11.6 Å². The summed E-state index contributed by atoms with van der Waals surface area (Å²) in [6.45, 7) is 7.64. The molecular formula is C10H17N3O. The van der Waals surface area contributed by atoms with Gasteiger partial charge in [0, 0.05) is 30.4 Å². The lowest BCUT2D eigenvalue weighted by Gasteiger charge is -2.18. The van der Waals surface area contributed by atoms with E-state index in [2.05, 4.69) is 24.3 Å². The lowest BCUT2D eigenvalue weighted by Crippen LogP contribution is -2.27. The van der Waals surface area contributed by atoms with Crippen molar-refractivity contribution in [3.8, 4) is 0 Å². The number of aromatic nitrogens is 2. The van der Waals surface area contributed by atoms with Crippen LogP contribution in [0.15, 0.2) is 0 Å². The number of hydrogen-bond donors (Lipinski definition) is 2. The smallest absolute Gasteiger partial charge is 0.0950 e. The van der Waals surface area contributed by atoms with E-state index in [0.29, 0.717) is 12.6 Å². The minimum Gasteiger partial charge on any atom is -0.387 e. The Labute approximate surface area is 83.9 Å². The van der Waals surface area contributed by atoms with Gasteiger partial charge in [-0.1, -0.05) is 0 Å². The molecule has 0 spiro atoms. The van der Waals surface area contributed by atoms with Gasteiger partial charge in [-0.2, -0.15) is 5.10 Å². The van der Waals surface area contributed by atoms with E-state index in [1.165, 1.54) is 0 Å². The first kappa shape index (κ1) is 9.68. The van der Waals surface area contributed by atoms with Crippen LogP contribution in [0.25, 0.3) is 0 Å². The van der Waals surface area contributed by atoms with Crippen molar-refractivity contribution >= 4 is 0 Å². The summed E-state index contributed by atoms with van der Waals surface area (Å²) in [6, 6.07) is 0.354. The predicted octanol–water partition coefficient (Wildman–Crippen LogP) is 0.909. The summed E-state index contributed by atoms with van der Waals surface area (Å²) >= 11 is 0. The molecule has 0 aromatic carbocycles. The normalized spacial score (nSPS) is 21.4. The van der Waals surface area contributed by atoms with Crippen LogP contribution >= 0.6 is 0 Å². The van der Waals surface area contributed by atoms with Gasteiger partial charge in [-0.15, -0.1) is 0 Å². The Kier molecular flexibility index (Phi) is 2.33. The van der Waals surface area contributed by atoms with Gasteiger partial charge in [-0.05, 0) is 20.8 Å². The third kappa shape index (κ3) is 1.35. The standard InChI is InChI=1S/C10H17N3O/c1-6(2)13-7(3)10-8(12-13)4-11-5-9(10)14/h6,9,11,14H,4-5H2,1-3H3. The van der Waals surface area contributed by atoms with E-state index >= 15 is 0 Å². The van der Waals surface area contributed by atoms with Gasteiger partial charge in [0.2, 0.25) is 0 Å². The topological polar surface area (TPSA) is 50.1 Å². The average molecular weight is 195 g/mol. The highest BCUT2D eigenvalue weighted by atomic mass is 16.3. The number of rotatable bonds is 1. The van der Waals surface area contributed by atoms with E-state index in [-0.39, 0.29) is 0 Å². The minimum atomic E-state index is -0.397. The zero-order chi connectivity index (χ0) is 10.3. The number of hydrogen-bond acceptors (Lipinski definition) is 3. The summed E-state index contributed by atoms with van der Waals surface area (Å²) in [5.41, 5.74) is 3.12. The SMILES string of the molecule is Cc1c2c(nn1C(C)C)CNCC2O. The van der Waals surface area contributed by atoms with Gasteiger partial charge in [0.25, 0.3) is 0 Å². The highest BCUT2D eigenvalue weighted by Crippen LogP contribution is 2.26. The van der Waals surface area contributed by atoms with Gasteiger partial charge in [-0.3, -0.25) is 4.68 Å². The van der Waals surface area contributed by atoms with Crippen LogP contribution in [0.5, 0.6) is 0 Å². The van der Waals surface area contributed by atoms with Crippen LogP contribution in [-0.4, -0.2) is 21.4 Å². The summed E-state index contributed by atoms with van der Waals surface area (Å²) in [7, 11) is 0. The molecule has 1 aromatic rings. The van der Waals surface area contributed by atoms with E-state index in [1.54, 1.807) is 0 Å². The molecule has 0 radical (unpaired) electrons. The van der Waals surface area contributed by atoms with Gasteiger partial charge in [-0.25, -0.2) is 0 Å². The predicted molar refractivity (Wildman–Crippen MR) is 54.0 cm³/mol. The first-order chi connectivity index (χ1) is 6.61. The van der Waals surface area contributed by atoms with Gasteiger partial charge in [0.05, 0.1) is 11.8 Å². The monoisotopic (exact) mass is 195 g/mol. The molecular weight excluding hydrogens is 178 g/mol. The molecule has 2 N–H and O–H groups in total. The third-order valence-electron chi connectivity index (χ3n) is 2.73. The Morgan fingerprint density at radius 1 is 1.57 bits per heavy atom. The summed E-state index contributed by atoms with van der Waals surface area (Å²) in [6.07, 6.45) is -0.397. The van der Waals surface area contributed by atoms with E-state index in [9.17, 15) is 5.11 Å². The fourth-order valence-corrected chi connectivity index (χ4v) is 2.09. The minimum absolute atomic E-state index is 0.354. The van der Waals surface area contributed by atoms with Crippen LogP contribution in [0.1, 0.15) is 42.9 Å². The third-order valence-corrected chi connectivity index (χ3v) is 2.73. The molecule has 0 bridgehead atoms. The van der Waals surface area contributed by atoms with Gasteiger partial charge < -0.3 is 10.4 Å². The molecule has 4 heteroatoms. The van der Waals surface area contributed by atoms with Crippen LogP contribution < -0.4 is 5.32 Å². The fourth-order valence-electron chi connectivity index (χ4n) is 2.09. The molecule has 0 saturated carbocycles. The molecule has 0 aliphatic carbocycles. The van der Waals surface area contributed by atoms with Crippen molar-refractivity contribution in [1.82, 2.24) is 15.1 Å². The number of aliphatic hydroxyl groups excluding tert-OH is 1. The summed E-state index contributed by atoms with van der Waals surface area (Å²) in [4.78, 5) is 0. The van der Waals surface area contributed by atoms with Crippen molar-refractivity contribution in [3.05, 3.63) is 17.0 Å². The van der Waals surface area contributed by atoms with E-state index < -0.39 is 6.10 Å². The van der Waals surface area contributed by atoms with Crippen LogP contribution in [0, 0.1) is 6.92 Å². The zero-order valence-corrected chi connectivity index (χ0v) is 8.91. The summed E-state index contributed by atoms with van der Waals surface area (Å²) < 4.78 is 1.99. The first-order valence-electron chi connectivity index (χ1n) is 5.08. The molecule has 0 amide bonds. The molecule has 0 saturated heterocycles. The van der Waals surface area contributed by atoms with Crippen molar-refractivity contribution in [2.24, 2.45) is 0 Å². The van der Waals surface area contributed by atoms with Crippen molar-refractivity contribution in [3.63, 3.8) is 0 Å². The molecule has 0 fully saturated rings. The lowest BCUT2D eigenvalue weighted by atomic mass is 10.0. The lowest BCUT2D eigenvalue weighted by molar-refractivity contribution is 0.164. The first-order valence-corrected chi connectivity index (χ1v) is 5.08. The van der Waals surface area contributed by atoms with Crippen LogP contribution in [0.2, 0.25) is 0 Å². The Hall–Kier alpha value is -0.870. The maximum absolute atomic E-state index is 9.82. The largest absolute Gasteiger partial charge is 0.387 e. The zero-order valence-electron chi connectivity index (χ0n) is 8.91. The molecule has 1 aliphatic rings. The van der Waals surface area contributed by atoms with Crippen LogP contribution in [0.4, 0.5) is 0 Å². The summed E-state index contributed by atoms with van der Waals surface area (Å²) in [5, 5.41) is 17.5. The van der Waals surface area contributed by atoms with Gasteiger partial charge in [0.15, 0.2) is 0 Å². The second kappa shape index (κ2) is 3.37. The summed E-state index contributed by atoms with van der Waals surface area (Å²) in [5.74, 6) is 0. The second-order valence-electron chi connectivity index (χ2n) is 4.13. The van der Waals surface area contributed by atoms with E-state index in [0.717, 1.165) is 23.5 Å². The molecule has 2 heterocycles. The molecule has 78 valence electrons. The molecule has 1 atom stereocenters. The van der Waals surface area contributed by atoms with Crippen LogP contribution in [-0.2, 0) is 6.54 Å². The second-order valence-corrected chi connectivity index (χ2v) is 4.13. The average Bonchev–Trinajstić information content (AvgIpc) is 2.45. The van der Waals surface area contributed by atoms with Crippen molar-refractivity contribution in [1.29, 1.82) is 0 Å². The molecule has 2 rings (SSSR count). The Balaban J connectivity index is 2.49.